The molecular formula is C14H16BrN3O3. The molecule has 1 aromatic rings. The van der Waals surface area contributed by atoms with Gasteiger partial charge in [-0.3, -0.25) is 14.5 Å². The average Bonchev–Trinajstić information content (AvgIpc) is 2.64. The number of likely N-dealkylation sites (N-methyl/N-ethyl adjacent to an activating group) is 1. The van der Waals surface area contributed by atoms with Crippen LogP contribution in [0.5, 0.6) is 0 Å². The van der Waals surface area contributed by atoms with Crippen LogP contribution in [0, 0.1) is 0 Å². The first-order chi connectivity index (χ1) is 9.88. The van der Waals surface area contributed by atoms with Crippen molar-refractivity contribution in [2.75, 3.05) is 13.1 Å². The van der Waals surface area contributed by atoms with Gasteiger partial charge in [0.2, 0.25) is 5.91 Å². The number of benzene rings is 1. The first-order valence-electron chi connectivity index (χ1n) is 6.55. The van der Waals surface area contributed by atoms with Crippen LogP contribution >= 0.6 is 15.9 Å². The van der Waals surface area contributed by atoms with E-state index in [1.807, 2.05) is 6.07 Å². The van der Waals surface area contributed by atoms with Crippen LogP contribution in [0.3, 0.4) is 0 Å². The topological polar surface area (TPSA) is 78.5 Å². The summed E-state index contributed by atoms with van der Waals surface area (Å²) >= 11 is 3.34. The summed E-state index contributed by atoms with van der Waals surface area (Å²) in [5, 5.41) is 5.23. The molecule has 1 aliphatic rings. The molecule has 0 bridgehead atoms. The quantitative estimate of drug-likeness (QED) is 0.802. The molecule has 1 aromatic carbocycles. The average molecular weight is 354 g/mol. The fraction of sp³-hybridized carbons (Fsp3) is 0.357. The SMILES string of the molecule is CCNC(=O)CN1C(=O)NC(C)(c2cccc(Br)c2)C1=O. The van der Waals surface area contributed by atoms with E-state index >= 15 is 0 Å². The van der Waals surface area contributed by atoms with Crippen molar-refractivity contribution in [3.63, 3.8) is 0 Å². The zero-order valence-electron chi connectivity index (χ0n) is 11.8. The highest BCUT2D eigenvalue weighted by Gasteiger charge is 2.49. The molecule has 2 rings (SSSR count). The van der Waals surface area contributed by atoms with Crippen LogP contribution in [-0.4, -0.2) is 35.8 Å². The third kappa shape index (κ3) is 2.92. The van der Waals surface area contributed by atoms with Gasteiger partial charge in [-0.15, -0.1) is 0 Å². The van der Waals surface area contributed by atoms with E-state index in [1.54, 1.807) is 32.0 Å². The van der Waals surface area contributed by atoms with Gasteiger partial charge in [-0.25, -0.2) is 4.79 Å². The van der Waals surface area contributed by atoms with Gasteiger partial charge in [0.1, 0.15) is 12.1 Å². The standard InChI is InChI=1S/C14H16BrN3O3/c1-3-16-11(19)8-18-12(20)14(2,17-13(18)21)9-5-4-6-10(15)7-9/h4-7H,3,8H2,1-2H3,(H,16,19)(H,17,21). The van der Waals surface area contributed by atoms with Crippen molar-refractivity contribution in [2.45, 2.75) is 19.4 Å². The number of rotatable bonds is 4. The lowest BCUT2D eigenvalue weighted by molar-refractivity contribution is -0.134. The van der Waals surface area contributed by atoms with E-state index in [4.69, 9.17) is 0 Å². The second-order valence-corrected chi connectivity index (χ2v) is 5.83. The number of urea groups is 1. The van der Waals surface area contributed by atoms with Crippen LogP contribution in [0.2, 0.25) is 0 Å². The number of hydrogen-bond donors (Lipinski definition) is 2. The Morgan fingerprint density at radius 1 is 1.43 bits per heavy atom. The molecule has 112 valence electrons. The Labute approximate surface area is 131 Å². The van der Waals surface area contributed by atoms with E-state index in [-0.39, 0.29) is 12.5 Å². The number of hydrogen-bond acceptors (Lipinski definition) is 3. The number of imide groups is 1. The molecule has 0 saturated carbocycles. The number of halogens is 1. The summed E-state index contributed by atoms with van der Waals surface area (Å²) in [6, 6.07) is 6.59. The highest BCUT2D eigenvalue weighted by Crippen LogP contribution is 2.30. The largest absolute Gasteiger partial charge is 0.355 e. The molecule has 7 heteroatoms. The lowest BCUT2D eigenvalue weighted by Crippen LogP contribution is -2.43. The molecule has 21 heavy (non-hydrogen) atoms. The fourth-order valence-electron chi connectivity index (χ4n) is 2.23. The third-order valence-electron chi connectivity index (χ3n) is 3.35. The Morgan fingerprint density at radius 3 is 2.76 bits per heavy atom. The third-order valence-corrected chi connectivity index (χ3v) is 3.85. The molecule has 1 unspecified atom stereocenters. The second-order valence-electron chi connectivity index (χ2n) is 4.91. The van der Waals surface area contributed by atoms with Crippen LogP contribution in [0.4, 0.5) is 4.79 Å². The lowest BCUT2D eigenvalue weighted by Gasteiger charge is -2.22. The van der Waals surface area contributed by atoms with Crippen LogP contribution in [-0.2, 0) is 15.1 Å². The van der Waals surface area contributed by atoms with E-state index in [1.165, 1.54) is 0 Å². The second kappa shape index (κ2) is 5.85. The summed E-state index contributed by atoms with van der Waals surface area (Å²) in [5.41, 5.74) is -0.499. The number of amides is 4. The Balaban J connectivity index is 2.26. The molecular weight excluding hydrogens is 338 g/mol. The van der Waals surface area contributed by atoms with Crippen molar-refractivity contribution >= 4 is 33.8 Å². The Morgan fingerprint density at radius 2 is 2.14 bits per heavy atom. The predicted octanol–water partition coefficient (Wildman–Crippen LogP) is 1.35. The monoisotopic (exact) mass is 353 g/mol. The molecule has 0 spiro atoms. The van der Waals surface area contributed by atoms with Gasteiger partial charge in [0.05, 0.1) is 0 Å². The summed E-state index contributed by atoms with van der Waals surface area (Å²) in [7, 11) is 0. The number of carbonyl (C=O) groups is 3. The van der Waals surface area contributed by atoms with Crippen molar-refractivity contribution in [1.29, 1.82) is 0 Å². The van der Waals surface area contributed by atoms with E-state index in [0.29, 0.717) is 12.1 Å². The van der Waals surface area contributed by atoms with E-state index < -0.39 is 17.5 Å². The summed E-state index contributed by atoms with van der Waals surface area (Å²) in [6.07, 6.45) is 0. The van der Waals surface area contributed by atoms with Gasteiger partial charge in [-0.1, -0.05) is 28.1 Å². The van der Waals surface area contributed by atoms with Crippen LogP contribution in [0.15, 0.2) is 28.7 Å². The van der Waals surface area contributed by atoms with Gasteiger partial charge in [0.15, 0.2) is 0 Å². The molecule has 0 aliphatic carbocycles. The van der Waals surface area contributed by atoms with Gasteiger partial charge in [-0.05, 0) is 31.5 Å². The number of nitrogens with zero attached hydrogens (tertiary/aromatic N) is 1. The Bertz CT molecular complexity index is 605. The van der Waals surface area contributed by atoms with Crippen LogP contribution in [0.1, 0.15) is 19.4 Å². The normalized spacial score (nSPS) is 21.4. The van der Waals surface area contributed by atoms with E-state index in [0.717, 1.165) is 9.37 Å². The smallest absolute Gasteiger partial charge is 0.325 e. The number of nitrogens with one attached hydrogen (secondary N) is 2. The van der Waals surface area contributed by atoms with Crippen molar-refractivity contribution < 1.29 is 14.4 Å². The maximum atomic E-state index is 12.5. The van der Waals surface area contributed by atoms with Crippen LogP contribution < -0.4 is 10.6 Å². The maximum Gasteiger partial charge on any atom is 0.325 e. The molecule has 4 amide bonds. The molecule has 2 N–H and O–H groups in total. The summed E-state index contributed by atoms with van der Waals surface area (Å²) in [6.45, 7) is 3.58. The molecule has 0 aromatic heterocycles. The van der Waals surface area contributed by atoms with Gasteiger partial charge >= 0.3 is 6.03 Å². The molecule has 1 atom stereocenters. The zero-order valence-corrected chi connectivity index (χ0v) is 13.4. The minimum absolute atomic E-state index is 0.276. The van der Waals surface area contributed by atoms with Gasteiger partial charge in [0, 0.05) is 11.0 Å². The molecule has 6 nitrogen and oxygen atoms in total. The van der Waals surface area contributed by atoms with Crippen molar-refractivity contribution in [3.8, 4) is 0 Å². The Hall–Kier alpha value is -1.89. The van der Waals surface area contributed by atoms with E-state index in [2.05, 4.69) is 26.6 Å². The molecule has 1 aliphatic heterocycles. The highest BCUT2D eigenvalue weighted by atomic mass is 79.9. The van der Waals surface area contributed by atoms with Gasteiger partial charge in [-0.2, -0.15) is 0 Å². The molecule has 0 radical (unpaired) electrons. The summed E-state index contributed by atoms with van der Waals surface area (Å²) in [5.74, 6) is -0.795. The fourth-order valence-corrected chi connectivity index (χ4v) is 2.63. The van der Waals surface area contributed by atoms with Gasteiger partial charge < -0.3 is 10.6 Å². The molecule has 1 saturated heterocycles. The number of carbonyl (C=O) groups excluding carboxylic acids is 3. The minimum Gasteiger partial charge on any atom is -0.355 e. The zero-order chi connectivity index (χ0) is 15.6. The first-order valence-corrected chi connectivity index (χ1v) is 7.34. The Kier molecular flexibility index (Phi) is 4.32. The first kappa shape index (κ1) is 15.5. The maximum absolute atomic E-state index is 12.5. The van der Waals surface area contributed by atoms with Gasteiger partial charge in [0.25, 0.3) is 5.91 Å². The van der Waals surface area contributed by atoms with Crippen molar-refractivity contribution in [2.24, 2.45) is 0 Å². The molecule has 1 heterocycles. The van der Waals surface area contributed by atoms with Crippen molar-refractivity contribution in [3.05, 3.63) is 34.3 Å². The lowest BCUT2D eigenvalue weighted by atomic mass is 9.92. The highest BCUT2D eigenvalue weighted by molar-refractivity contribution is 9.10. The van der Waals surface area contributed by atoms with E-state index in [9.17, 15) is 14.4 Å². The summed E-state index contributed by atoms with van der Waals surface area (Å²) in [4.78, 5) is 37.1. The van der Waals surface area contributed by atoms with Crippen molar-refractivity contribution in [1.82, 2.24) is 15.5 Å². The minimum atomic E-state index is -1.16. The molecule has 1 fully saturated rings. The summed E-state index contributed by atoms with van der Waals surface area (Å²) < 4.78 is 0.811. The van der Waals surface area contributed by atoms with Crippen LogP contribution in [0.25, 0.3) is 0 Å². The predicted molar refractivity (Wildman–Crippen MR) is 80.4 cm³/mol.